The minimum absolute atomic E-state index is 0.751. The number of halogens is 1. The zero-order chi connectivity index (χ0) is 10.6. The zero-order valence-corrected chi connectivity index (χ0v) is 10.7. The highest BCUT2D eigenvalue weighted by Crippen LogP contribution is 2.17. The summed E-state index contributed by atoms with van der Waals surface area (Å²) in [5, 5.41) is 3.70. The van der Waals surface area contributed by atoms with E-state index >= 15 is 0 Å². The molecule has 76 valence electrons. The van der Waals surface area contributed by atoms with E-state index in [9.17, 15) is 0 Å². The van der Waals surface area contributed by atoms with Gasteiger partial charge in [-0.3, -0.25) is 0 Å². The summed E-state index contributed by atoms with van der Waals surface area (Å²) in [6.45, 7) is 0.807. The summed E-state index contributed by atoms with van der Waals surface area (Å²) in [7, 11) is 3.80. The molecule has 0 bridgehead atoms. The van der Waals surface area contributed by atoms with Gasteiger partial charge in [0.05, 0.1) is 0 Å². The number of nitrogens with zero attached hydrogens (tertiary/aromatic N) is 1. The van der Waals surface area contributed by atoms with Crippen molar-refractivity contribution in [1.29, 1.82) is 0 Å². The van der Waals surface area contributed by atoms with Crippen LogP contribution >= 0.6 is 28.1 Å². The van der Waals surface area contributed by atoms with E-state index in [0.29, 0.717) is 0 Å². The minimum atomic E-state index is 0.751. The molecule has 0 unspecified atom stereocenters. The van der Waals surface area contributed by atoms with Crippen LogP contribution in [0.5, 0.6) is 0 Å². The molecular weight excluding hydrogens is 260 g/mol. The first-order chi connectivity index (χ1) is 6.65. The van der Waals surface area contributed by atoms with Gasteiger partial charge in [0.2, 0.25) is 0 Å². The normalized spacial score (nSPS) is 9.64. The SMILES string of the molecule is CNC(=S)N(C)Cc1ccccc1Br. The number of nitrogens with one attached hydrogen (secondary N) is 1. The van der Waals surface area contributed by atoms with Crippen molar-refractivity contribution in [3.05, 3.63) is 34.3 Å². The summed E-state index contributed by atoms with van der Waals surface area (Å²) in [5.74, 6) is 0. The molecule has 0 amide bonds. The molecule has 0 spiro atoms. The smallest absolute Gasteiger partial charge is 0.168 e. The van der Waals surface area contributed by atoms with E-state index in [1.54, 1.807) is 0 Å². The van der Waals surface area contributed by atoms with Crippen molar-refractivity contribution < 1.29 is 0 Å². The predicted molar refractivity (Wildman–Crippen MR) is 67.3 cm³/mol. The molecule has 0 atom stereocenters. The quantitative estimate of drug-likeness (QED) is 0.833. The number of thiocarbonyl (C=S) groups is 1. The number of rotatable bonds is 2. The average Bonchev–Trinajstić information content (AvgIpc) is 2.20. The highest BCUT2D eigenvalue weighted by Gasteiger charge is 2.04. The van der Waals surface area contributed by atoms with Crippen LogP contribution in [0, 0.1) is 0 Å². The van der Waals surface area contributed by atoms with E-state index in [1.807, 2.05) is 37.2 Å². The van der Waals surface area contributed by atoms with Gasteiger partial charge in [0.25, 0.3) is 0 Å². The first-order valence-corrected chi connectivity index (χ1v) is 5.51. The molecule has 0 fully saturated rings. The zero-order valence-electron chi connectivity index (χ0n) is 8.25. The molecule has 0 saturated heterocycles. The monoisotopic (exact) mass is 272 g/mol. The lowest BCUT2D eigenvalue weighted by Gasteiger charge is -2.20. The van der Waals surface area contributed by atoms with E-state index in [2.05, 4.69) is 27.3 Å². The van der Waals surface area contributed by atoms with Crippen molar-refractivity contribution in [2.75, 3.05) is 14.1 Å². The lowest BCUT2D eigenvalue weighted by Crippen LogP contribution is -2.34. The Labute approximate surface area is 98.4 Å². The van der Waals surface area contributed by atoms with Crippen molar-refractivity contribution in [2.45, 2.75) is 6.54 Å². The van der Waals surface area contributed by atoms with Crippen molar-refractivity contribution in [2.24, 2.45) is 0 Å². The maximum Gasteiger partial charge on any atom is 0.168 e. The standard InChI is InChI=1S/C10H13BrN2S/c1-12-10(14)13(2)7-8-5-3-4-6-9(8)11/h3-6H,7H2,1-2H3,(H,12,14). The van der Waals surface area contributed by atoms with Gasteiger partial charge in [-0.2, -0.15) is 0 Å². The highest BCUT2D eigenvalue weighted by atomic mass is 79.9. The molecule has 1 aromatic rings. The van der Waals surface area contributed by atoms with Crippen molar-refractivity contribution >= 4 is 33.3 Å². The molecule has 4 heteroatoms. The average molecular weight is 273 g/mol. The van der Waals surface area contributed by atoms with Gasteiger partial charge in [0.1, 0.15) is 0 Å². The second-order valence-corrected chi connectivity index (χ2v) is 4.24. The van der Waals surface area contributed by atoms with Crippen molar-refractivity contribution in [3.63, 3.8) is 0 Å². The predicted octanol–water partition coefficient (Wildman–Crippen LogP) is 2.39. The molecule has 0 aliphatic carbocycles. The third kappa shape index (κ3) is 2.96. The van der Waals surface area contributed by atoms with Gasteiger partial charge in [-0.25, -0.2) is 0 Å². The van der Waals surface area contributed by atoms with Crippen molar-refractivity contribution in [1.82, 2.24) is 10.2 Å². The van der Waals surface area contributed by atoms with E-state index in [1.165, 1.54) is 5.56 Å². The van der Waals surface area contributed by atoms with Crippen molar-refractivity contribution in [3.8, 4) is 0 Å². The van der Waals surface area contributed by atoms with Crippen LogP contribution in [0.2, 0.25) is 0 Å². The fraction of sp³-hybridized carbons (Fsp3) is 0.300. The van der Waals surface area contributed by atoms with Gasteiger partial charge in [0.15, 0.2) is 5.11 Å². The van der Waals surface area contributed by atoms with Crippen LogP contribution in [-0.2, 0) is 6.54 Å². The van der Waals surface area contributed by atoms with Crippen LogP contribution < -0.4 is 5.32 Å². The second kappa shape index (κ2) is 5.32. The largest absolute Gasteiger partial charge is 0.366 e. The van der Waals surface area contributed by atoms with Gasteiger partial charge in [-0.05, 0) is 23.8 Å². The third-order valence-corrected chi connectivity index (χ3v) is 3.22. The highest BCUT2D eigenvalue weighted by molar-refractivity contribution is 9.10. The Balaban J connectivity index is 2.69. The van der Waals surface area contributed by atoms with Gasteiger partial charge in [-0.15, -0.1) is 0 Å². The Morgan fingerprint density at radius 2 is 2.14 bits per heavy atom. The Hall–Kier alpha value is -0.610. The number of hydrogen-bond donors (Lipinski definition) is 1. The summed E-state index contributed by atoms with van der Waals surface area (Å²) in [4.78, 5) is 2.00. The number of benzene rings is 1. The van der Waals surface area contributed by atoms with E-state index in [-0.39, 0.29) is 0 Å². The van der Waals surface area contributed by atoms with Gasteiger partial charge in [0, 0.05) is 25.1 Å². The second-order valence-electron chi connectivity index (χ2n) is 3.00. The lowest BCUT2D eigenvalue weighted by atomic mass is 10.2. The van der Waals surface area contributed by atoms with Crippen LogP contribution in [0.1, 0.15) is 5.56 Å². The molecule has 1 aromatic carbocycles. The van der Waals surface area contributed by atoms with Crippen LogP contribution in [0.25, 0.3) is 0 Å². The summed E-state index contributed by atoms with van der Waals surface area (Å²) < 4.78 is 1.12. The van der Waals surface area contributed by atoms with Crippen LogP contribution in [0.4, 0.5) is 0 Å². The molecule has 0 radical (unpaired) electrons. The van der Waals surface area contributed by atoms with E-state index in [0.717, 1.165) is 16.1 Å². The van der Waals surface area contributed by atoms with E-state index in [4.69, 9.17) is 12.2 Å². The molecule has 2 nitrogen and oxygen atoms in total. The van der Waals surface area contributed by atoms with Gasteiger partial charge in [-0.1, -0.05) is 34.1 Å². The molecule has 0 aromatic heterocycles. The first kappa shape index (κ1) is 11.5. The fourth-order valence-corrected chi connectivity index (χ4v) is 1.62. The van der Waals surface area contributed by atoms with E-state index < -0.39 is 0 Å². The maximum atomic E-state index is 5.12. The molecule has 14 heavy (non-hydrogen) atoms. The minimum Gasteiger partial charge on any atom is -0.366 e. The molecule has 0 saturated carbocycles. The van der Waals surface area contributed by atoms with Gasteiger partial charge < -0.3 is 10.2 Å². The van der Waals surface area contributed by atoms with Crippen LogP contribution in [0.3, 0.4) is 0 Å². The Kier molecular flexibility index (Phi) is 4.35. The Morgan fingerprint density at radius 3 is 2.71 bits per heavy atom. The molecule has 0 heterocycles. The molecule has 1 rings (SSSR count). The molecule has 1 N–H and O–H groups in total. The maximum absolute atomic E-state index is 5.12. The number of hydrogen-bond acceptors (Lipinski definition) is 1. The Morgan fingerprint density at radius 1 is 1.50 bits per heavy atom. The van der Waals surface area contributed by atoms with Gasteiger partial charge >= 0.3 is 0 Å². The lowest BCUT2D eigenvalue weighted by molar-refractivity contribution is 0.493. The Bertz CT molecular complexity index is 328. The summed E-state index contributed by atoms with van der Waals surface area (Å²) in [6, 6.07) is 8.14. The fourth-order valence-electron chi connectivity index (χ4n) is 1.14. The summed E-state index contributed by atoms with van der Waals surface area (Å²) in [6.07, 6.45) is 0. The molecule has 0 aliphatic rings. The summed E-state index contributed by atoms with van der Waals surface area (Å²) >= 11 is 8.63. The first-order valence-electron chi connectivity index (χ1n) is 4.31. The van der Waals surface area contributed by atoms with Crippen LogP contribution in [-0.4, -0.2) is 24.1 Å². The third-order valence-electron chi connectivity index (χ3n) is 1.93. The summed E-state index contributed by atoms with van der Waals surface area (Å²) in [5.41, 5.74) is 1.23. The topological polar surface area (TPSA) is 15.3 Å². The molecule has 0 aliphatic heterocycles. The molecular formula is C10H13BrN2S. The van der Waals surface area contributed by atoms with Crippen LogP contribution in [0.15, 0.2) is 28.7 Å².